The Bertz CT molecular complexity index is 278. The SMILES string of the molecule is CC1(C)CN(CC2CC3CCCCC3N2)CCO1. The van der Waals surface area contributed by atoms with Crippen molar-refractivity contribution in [2.45, 2.75) is 63.6 Å². The molecule has 3 nitrogen and oxygen atoms in total. The van der Waals surface area contributed by atoms with Crippen molar-refractivity contribution < 1.29 is 4.74 Å². The van der Waals surface area contributed by atoms with Gasteiger partial charge in [0.1, 0.15) is 0 Å². The maximum absolute atomic E-state index is 5.79. The van der Waals surface area contributed by atoms with Crippen LogP contribution in [0.2, 0.25) is 0 Å². The van der Waals surface area contributed by atoms with E-state index in [1.54, 1.807) is 0 Å². The minimum absolute atomic E-state index is 0.0453. The van der Waals surface area contributed by atoms with Crippen molar-refractivity contribution in [3.63, 3.8) is 0 Å². The van der Waals surface area contributed by atoms with E-state index in [0.29, 0.717) is 0 Å². The average Bonchev–Trinajstić information content (AvgIpc) is 2.69. The highest BCUT2D eigenvalue weighted by atomic mass is 16.5. The van der Waals surface area contributed by atoms with Crippen LogP contribution in [0.25, 0.3) is 0 Å². The third-order valence-electron chi connectivity index (χ3n) is 4.93. The van der Waals surface area contributed by atoms with E-state index in [0.717, 1.165) is 37.7 Å². The van der Waals surface area contributed by atoms with Crippen LogP contribution in [0.15, 0.2) is 0 Å². The molecule has 0 aromatic carbocycles. The number of nitrogens with zero attached hydrogens (tertiary/aromatic N) is 1. The molecule has 2 saturated heterocycles. The van der Waals surface area contributed by atoms with Gasteiger partial charge in [-0.1, -0.05) is 12.8 Å². The molecule has 0 spiro atoms. The standard InChI is InChI=1S/C15H28N2O/c1-15(2)11-17(7-8-18-15)10-13-9-12-5-3-4-6-14(12)16-13/h12-14,16H,3-11H2,1-2H3. The largest absolute Gasteiger partial charge is 0.373 e. The molecule has 0 radical (unpaired) electrons. The summed E-state index contributed by atoms with van der Waals surface area (Å²) in [6.07, 6.45) is 7.17. The van der Waals surface area contributed by atoms with E-state index >= 15 is 0 Å². The summed E-state index contributed by atoms with van der Waals surface area (Å²) >= 11 is 0. The molecule has 0 aromatic rings. The number of ether oxygens (including phenoxy) is 1. The number of fused-ring (bicyclic) bond motifs is 1. The summed E-state index contributed by atoms with van der Waals surface area (Å²) in [4.78, 5) is 2.60. The second-order valence-electron chi connectivity index (χ2n) is 7.09. The zero-order chi connectivity index (χ0) is 12.6. The molecule has 3 unspecified atom stereocenters. The van der Waals surface area contributed by atoms with Gasteiger partial charge in [0, 0.05) is 31.7 Å². The van der Waals surface area contributed by atoms with Gasteiger partial charge in [-0.05, 0) is 39.0 Å². The van der Waals surface area contributed by atoms with Crippen molar-refractivity contribution in [3.8, 4) is 0 Å². The lowest BCUT2D eigenvalue weighted by Crippen LogP contribution is -2.51. The summed E-state index contributed by atoms with van der Waals surface area (Å²) in [5.74, 6) is 0.970. The van der Waals surface area contributed by atoms with Crippen LogP contribution in [0.5, 0.6) is 0 Å². The van der Waals surface area contributed by atoms with Gasteiger partial charge in [-0.15, -0.1) is 0 Å². The number of nitrogens with one attached hydrogen (secondary N) is 1. The third kappa shape index (κ3) is 2.89. The summed E-state index contributed by atoms with van der Waals surface area (Å²) in [6.45, 7) is 8.73. The van der Waals surface area contributed by atoms with Crippen LogP contribution >= 0.6 is 0 Å². The minimum atomic E-state index is 0.0453. The van der Waals surface area contributed by atoms with E-state index in [4.69, 9.17) is 4.74 Å². The van der Waals surface area contributed by atoms with Crippen molar-refractivity contribution in [1.29, 1.82) is 0 Å². The molecule has 1 N–H and O–H groups in total. The molecule has 3 heteroatoms. The van der Waals surface area contributed by atoms with Crippen molar-refractivity contribution >= 4 is 0 Å². The number of hydrogen-bond acceptors (Lipinski definition) is 3. The summed E-state index contributed by atoms with van der Waals surface area (Å²) in [6, 6.07) is 1.56. The fraction of sp³-hybridized carbons (Fsp3) is 1.00. The monoisotopic (exact) mass is 252 g/mol. The van der Waals surface area contributed by atoms with Crippen LogP contribution in [-0.4, -0.2) is 48.8 Å². The van der Waals surface area contributed by atoms with Gasteiger partial charge in [0.05, 0.1) is 12.2 Å². The topological polar surface area (TPSA) is 24.5 Å². The van der Waals surface area contributed by atoms with E-state index < -0.39 is 0 Å². The molecular weight excluding hydrogens is 224 g/mol. The summed E-state index contributed by atoms with van der Waals surface area (Å²) < 4.78 is 5.79. The van der Waals surface area contributed by atoms with Gasteiger partial charge in [-0.2, -0.15) is 0 Å². The minimum Gasteiger partial charge on any atom is -0.373 e. The first-order valence-electron chi connectivity index (χ1n) is 7.75. The Hall–Kier alpha value is -0.120. The molecule has 3 aliphatic rings. The highest BCUT2D eigenvalue weighted by Crippen LogP contribution is 2.33. The first-order chi connectivity index (χ1) is 8.62. The Labute approximate surface area is 111 Å². The lowest BCUT2D eigenvalue weighted by Gasteiger charge is -2.39. The molecule has 3 atom stereocenters. The van der Waals surface area contributed by atoms with Gasteiger partial charge in [0.15, 0.2) is 0 Å². The van der Waals surface area contributed by atoms with E-state index in [2.05, 4.69) is 24.1 Å². The molecule has 0 amide bonds. The predicted molar refractivity (Wildman–Crippen MR) is 73.8 cm³/mol. The number of morpholine rings is 1. The molecule has 2 aliphatic heterocycles. The van der Waals surface area contributed by atoms with Crippen LogP contribution in [0.3, 0.4) is 0 Å². The Morgan fingerprint density at radius 2 is 2.11 bits per heavy atom. The molecular formula is C15H28N2O. The van der Waals surface area contributed by atoms with Gasteiger partial charge >= 0.3 is 0 Å². The van der Waals surface area contributed by atoms with Crippen LogP contribution in [0, 0.1) is 5.92 Å². The lowest BCUT2D eigenvalue weighted by atomic mass is 9.85. The van der Waals surface area contributed by atoms with E-state index in [1.165, 1.54) is 38.6 Å². The smallest absolute Gasteiger partial charge is 0.0753 e. The molecule has 3 fully saturated rings. The first-order valence-corrected chi connectivity index (χ1v) is 7.75. The van der Waals surface area contributed by atoms with Gasteiger partial charge in [-0.25, -0.2) is 0 Å². The Balaban J connectivity index is 1.51. The van der Waals surface area contributed by atoms with Crippen LogP contribution < -0.4 is 5.32 Å². The van der Waals surface area contributed by atoms with Crippen LogP contribution in [-0.2, 0) is 4.74 Å². The molecule has 2 heterocycles. The number of rotatable bonds is 2. The molecule has 3 rings (SSSR count). The van der Waals surface area contributed by atoms with Gasteiger partial charge < -0.3 is 10.1 Å². The number of hydrogen-bond donors (Lipinski definition) is 1. The van der Waals surface area contributed by atoms with Crippen molar-refractivity contribution in [3.05, 3.63) is 0 Å². The Morgan fingerprint density at radius 1 is 1.28 bits per heavy atom. The Morgan fingerprint density at radius 3 is 2.89 bits per heavy atom. The van der Waals surface area contributed by atoms with E-state index in [-0.39, 0.29) is 5.60 Å². The third-order valence-corrected chi connectivity index (χ3v) is 4.93. The summed E-state index contributed by atoms with van der Waals surface area (Å²) in [5.41, 5.74) is 0.0453. The molecule has 104 valence electrons. The second kappa shape index (κ2) is 5.10. The zero-order valence-electron chi connectivity index (χ0n) is 12.0. The fourth-order valence-electron chi connectivity index (χ4n) is 4.15. The fourth-order valence-corrected chi connectivity index (χ4v) is 4.15. The average molecular weight is 252 g/mol. The Kier molecular flexibility index (Phi) is 3.65. The van der Waals surface area contributed by atoms with Gasteiger partial charge in [-0.3, -0.25) is 4.90 Å². The highest BCUT2D eigenvalue weighted by Gasteiger charge is 2.36. The van der Waals surface area contributed by atoms with Crippen molar-refractivity contribution in [2.24, 2.45) is 5.92 Å². The predicted octanol–water partition coefficient (Wildman–Crippen LogP) is 2.02. The van der Waals surface area contributed by atoms with Crippen LogP contribution in [0.4, 0.5) is 0 Å². The zero-order valence-corrected chi connectivity index (χ0v) is 12.0. The molecule has 1 saturated carbocycles. The van der Waals surface area contributed by atoms with E-state index in [1.807, 2.05) is 0 Å². The van der Waals surface area contributed by atoms with E-state index in [9.17, 15) is 0 Å². The molecule has 18 heavy (non-hydrogen) atoms. The van der Waals surface area contributed by atoms with Crippen LogP contribution in [0.1, 0.15) is 46.0 Å². The van der Waals surface area contributed by atoms with Crippen molar-refractivity contribution in [1.82, 2.24) is 10.2 Å². The maximum atomic E-state index is 5.79. The highest BCUT2D eigenvalue weighted by molar-refractivity contribution is 4.94. The summed E-state index contributed by atoms with van der Waals surface area (Å²) in [5, 5.41) is 3.89. The normalized spacial score (nSPS) is 40.7. The second-order valence-corrected chi connectivity index (χ2v) is 7.09. The van der Waals surface area contributed by atoms with Gasteiger partial charge in [0.2, 0.25) is 0 Å². The molecule has 1 aliphatic carbocycles. The molecule has 0 aromatic heterocycles. The quantitative estimate of drug-likeness (QED) is 0.814. The molecule has 0 bridgehead atoms. The lowest BCUT2D eigenvalue weighted by molar-refractivity contribution is -0.0873. The maximum Gasteiger partial charge on any atom is 0.0753 e. The van der Waals surface area contributed by atoms with Crippen molar-refractivity contribution in [2.75, 3.05) is 26.2 Å². The first kappa shape index (κ1) is 12.9. The van der Waals surface area contributed by atoms with Gasteiger partial charge in [0.25, 0.3) is 0 Å². The summed E-state index contributed by atoms with van der Waals surface area (Å²) in [7, 11) is 0.